The zero-order valence-corrected chi connectivity index (χ0v) is 7.34. The predicted molar refractivity (Wildman–Crippen MR) is 45.2 cm³/mol. The third-order valence-electron chi connectivity index (χ3n) is 2.93. The van der Waals surface area contributed by atoms with Crippen LogP contribution in [0.4, 0.5) is 0 Å². The van der Waals surface area contributed by atoms with Crippen LogP contribution in [0.3, 0.4) is 0 Å². The third kappa shape index (κ3) is 1.80. The standard InChI is InChI=1S/C9H17NO/c1-6(8-4-3-5-8)9(10)7(2)11/h6,8-9H,3-5,10H2,1-2H3/t6-,9+/m0/s1. The van der Waals surface area contributed by atoms with Gasteiger partial charge in [0.1, 0.15) is 5.78 Å². The van der Waals surface area contributed by atoms with Gasteiger partial charge in [0, 0.05) is 0 Å². The molecule has 2 nitrogen and oxygen atoms in total. The normalized spacial score (nSPS) is 23.9. The van der Waals surface area contributed by atoms with Gasteiger partial charge in [-0.1, -0.05) is 26.2 Å². The van der Waals surface area contributed by atoms with E-state index >= 15 is 0 Å². The highest BCUT2D eigenvalue weighted by Gasteiger charge is 2.29. The van der Waals surface area contributed by atoms with Gasteiger partial charge in [0.2, 0.25) is 0 Å². The number of nitrogens with two attached hydrogens (primary N) is 1. The van der Waals surface area contributed by atoms with E-state index in [0.29, 0.717) is 11.8 Å². The second-order valence-electron chi connectivity index (χ2n) is 3.69. The van der Waals surface area contributed by atoms with Gasteiger partial charge >= 0.3 is 0 Å². The van der Waals surface area contributed by atoms with Crippen molar-refractivity contribution in [2.24, 2.45) is 17.6 Å². The van der Waals surface area contributed by atoms with Gasteiger partial charge in [0.05, 0.1) is 6.04 Å². The number of ketones is 1. The lowest BCUT2D eigenvalue weighted by Gasteiger charge is -2.33. The van der Waals surface area contributed by atoms with E-state index < -0.39 is 0 Å². The molecule has 0 bridgehead atoms. The van der Waals surface area contributed by atoms with Gasteiger partial charge in [-0.05, 0) is 18.8 Å². The molecule has 1 aliphatic carbocycles. The first-order chi connectivity index (χ1) is 5.13. The molecule has 2 atom stereocenters. The van der Waals surface area contributed by atoms with Crippen molar-refractivity contribution >= 4 is 5.78 Å². The first kappa shape index (κ1) is 8.72. The Morgan fingerprint density at radius 2 is 2.09 bits per heavy atom. The maximum absolute atomic E-state index is 10.9. The van der Waals surface area contributed by atoms with Crippen LogP contribution in [0.15, 0.2) is 0 Å². The average molecular weight is 155 g/mol. The molecule has 0 unspecified atom stereocenters. The lowest BCUT2D eigenvalue weighted by molar-refractivity contribution is -0.119. The first-order valence-corrected chi connectivity index (χ1v) is 4.39. The molecule has 0 amide bonds. The van der Waals surface area contributed by atoms with Crippen LogP contribution in [0, 0.1) is 11.8 Å². The lowest BCUT2D eigenvalue weighted by Crippen LogP contribution is -2.40. The van der Waals surface area contributed by atoms with Gasteiger partial charge in [-0.2, -0.15) is 0 Å². The van der Waals surface area contributed by atoms with Gasteiger partial charge in [-0.25, -0.2) is 0 Å². The highest BCUT2D eigenvalue weighted by molar-refractivity contribution is 5.81. The van der Waals surface area contributed by atoms with E-state index in [1.807, 2.05) is 0 Å². The van der Waals surface area contributed by atoms with Crippen LogP contribution in [0.5, 0.6) is 0 Å². The first-order valence-electron chi connectivity index (χ1n) is 4.39. The van der Waals surface area contributed by atoms with Crippen molar-refractivity contribution < 1.29 is 4.79 Å². The predicted octanol–water partition coefficient (Wildman–Crippen LogP) is 1.34. The Balaban J connectivity index is 2.38. The zero-order chi connectivity index (χ0) is 8.43. The Kier molecular flexibility index (Phi) is 2.66. The molecule has 2 heteroatoms. The summed E-state index contributed by atoms with van der Waals surface area (Å²) in [5.41, 5.74) is 5.72. The minimum atomic E-state index is -0.222. The van der Waals surface area contributed by atoms with Crippen molar-refractivity contribution in [3.63, 3.8) is 0 Å². The average Bonchev–Trinajstić information content (AvgIpc) is 1.82. The molecule has 0 radical (unpaired) electrons. The second-order valence-corrected chi connectivity index (χ2v) is 3.69. The SMILES string of the molecule is CC(=O)[C@H](N)[C@@H](C)C1CCC1. The van der Waals surface area contributed by atoms with E-state index in [0.717, 1.165) is 0 Å². The minimum Gasteiger partial charge on any atom is -0.321 e. The summed E-state index contributed by atoms with van der Waals surface area (Å²) in [7, 11) is 0. The molecule has 1 fully saturated rings. The molecule has 1 saturated carbocycles. The lowest BCUT2D eigenvalue weighted by atomic mass is 9.73. The zero-order valence-electron chi connectivity index (χ0n) is 7.34. The van der Waals surface area contributed by atoms with E-state index in [4.69, 9.17) is 5.73 Å². The summed E-state index contributed by atoms with van der Waals surface area (Å²) < 4.78 is 0. The number of Topliss-reactive ketones (excluding diaryl/α,β-unsaturated/α-hetero) is 1. The smallest absolute Gasteiger partial charge is 0.146 e. The van der Waals surface area contributed by atoms with Gasteiger partial charge in [-0.15, -0.1) is 0 Å². The maximum atomic E-state index is 10.9. The summed E-state index contributed by atoms with van der Waals surface area (Å²) in [6.45, 7) is 3.68. The van der Waals surface area contributed by atoms with Crippen LogP contribution in [0.2, 0.25) is 0 Å². The van der Waals surface area contributed by atoms with E-state index in [9.17, 15) is 4.79 Å². The Hall–Kier alpha value is -0.370. The molecule has 1 aliphatic rings. The molecule has 1 rings (SSSR count). The summed E-state index contributed by atoms with van der Waals surface area (Å²) in [5.74, 6) is 1.24. The quantitative estimate of drug-likeness (QED) is 0.668. The molecule has 0 aromatic rings. The molecule has 11 heavy (non-hydrogen) atoms. The van der Waals surface area contributed by atoms with Crippen LogP contribution in [0.25, 0.3) is 0 Å². The van der Waals surface area contributed by atoms with Crippen molar-refractivity contribution in [1.29, 1.82) is 0 Å². The van der Waals surface area contributed by atoms with Crippen molar-refractivity contribution in [2.75, 3.05) is 0 Å². The summed E-state index contributed by atoms with van der Waals surface area (Å²) in [6.07, 6.45) is 3.85. The molecule has 0 heterocycles. The second kappa shape index (κ2) is 3.35. The highest BCUT2D eigenvalue weighted by atomic mass is 16.1. The molecule has 0 aromatic carbocycles. The molecule has 2 N–H and O–H groups in total. The Bertz CT molecular complexity index is 152. The van der Waals surface area contributed by atoms with Crippen molar-refractivity contribution in [2.45, 2.75) is 39.2 Å². The molecule has 0 aliphatic heterocycles. The van der Waals surface area contributed by atoms with Crippen LogP contribution < -0.4 is 5.73 Å². The van der Waals surface area contributed by atoms with Gasteiger partial charge in [0.25, 0.3) is 0 Å². The van der Waals surface area contributed by atoms with E-state index in [-0.39, 0.29) is 11.8 Å². The molecular weight excluding hydrogens is 138 g/mol. The Morgan fingerprint density at radius 1 is 1.55 bits per heavy atom. The number of carbonyl (C=O) groups excluding carboxylic acids is 1. The van der Waals surface area contributed by atoms with Crippen molar-refractivity contribution in [1.82, 2.24) is 0 Å². The van der Waals surface area contributed by atoms with Crippen LogP contribution >= 0.6 is 0 Å². The van der Waals surface area contributed by atoms with Gasteiger partial charge in [0.15, 0.2) is 0 Å². The summed E-state index contributed by atoms with van der Waals surface area (Å²) in [6, 6.07) is -0.222. The monoisotopic (exact) mass is 155 g/mol. The minimum absolute atomic E-state index is 0.129. The maximum Gasteiger partial charge on any atom is 0.146 e. The molecular formula is C9H17NO. The Morgan fingerprint density at radius 3 is 2.36 bits per heavy atom. The summed E-state index contributed by atoms with van der Waals surface area (Å²) in [5, 5.41) is 0. The van der Waals surface area contributed by atoms with Crippen LogP contribution in [-0.4, -0.2) is 11.8 Å². The fraction of sp³-hybridized carbons (Fsp3) is 0.889. The topological polar surface area (TPSA) is 43.1 Å². The fourth-order valence-electron chi connectivity index (χ4n) is 1.63. The van der Waals surface area contributed by atoms with Crippen LogP contribution in [-0.2, 0) is 4.79 Å². The van der Waals surface area contributed by atoms with E-state index in [1.54, 1.807) is 6.92 Å². The largest absolute Gasteiger partial charge is 0.321 e. The van der Waals surface area contributed by atoms with Crippen molar-refractivity contribution in [3.8, 4) is 0 Å². The van der Waals surface area contributed by atoms with E-state index in [1.165, 1.54) is 19.3 Å². The van der Waals surface area contributed by atoms with E-state index in [2.05, 4.69) is 6.92 Å². The van der Waals surface area contributed by atoms with Gasteiger partial charge < -0.3 is 5.73 Å². The summed E-state index contributed by atoms with van der Waals surface area (Å²) in [4.78, 5) is 10.9. The molecule has 64 valence electrons. The number of hydrogen-bond acceptors (Lipinski definition) is 2. The van der Waals surface area contributed by atoms with Crippen molar-refractivity contribution in [3.05, 3.63) is 0 Å². The molecule has 0 saturated heterocycles. The fourth-order valence-corrected chi connectivity index (χ4v) is 1.63. The number of carbonyl (C=O) groups is 1. The van der Waals surface area contributed by atoms with Crippen LogP contribution in [0.1, 0.15) is 33.1 Å². The Labute approximate surface area is 68.2 Å². The molecule has 0 aromatic heterocycles. The van der Waals surface area contributed by atoms with Gasteiger partial charge in [-0.3, -0.25) is 4.79 Å². The highest BCUT2D eigenvalue weighted by Crippen LogP contribution is 2.34. The number of rotatable bonds is 3. The number of hydrogen-bond donors (Lipinski definition) is 1. The third-order valence-corrected chi connectivity index (χ3v) is 2.93. The summed E-state index contributed by atoms with van der Waals surface area (Å²) >= 11 is 0. The molecule has 0 spiro atoms.